The van der Waals surface area contributed by atoms with Gasteiger partial charge >= 0.3 is 0 Å². The van der Waals surface area contributed by atoms with Crippen LogP contribution in [-0.2, 0) is 26.2 Å². The van der Waals surface area contributed by atoms with Crippen molar-refractivity contribution in [2.75, 3.05) is 17.4 Å². The number of nitrogens with zero attached hydrogens (tertiary/aromatic N) is 2. The number of benzene rings is 3. The molecule has 0 saturated heterocycles. The molecule has 0 unspecified atom stereocenters. The summed E-state index contributed by atoms with van der Waals surface area (Å²) in [6.45, 7) is 8.68. The molecular formula is C29H33Cl2N3O4S. The summed E-state index contributed by atoms with van der Waals surface area (Å²) in [5, 5.41) is 3.40. The Morgan fingerprint density at radius 2 is 1.51 bits per heavy atom. The summed E-state index contributed by atoms with van der Waals surface area (Å²) in [5.74, 6) is -0.964. The summed E-state index contributed by atoms with van der Waals surface area (Å²) in [5.41, 5.74) is 3.38. The smallest absolute Gasteiger partial charge is 0.264 e. The van der Waals surface area contributed by atoms with Crippen molar-refractivity contribution in [3.05, 3.63) is 93.0 Å². The van der Waals surface area contributed by atoms with Crippen LogP contribution in [0.2, 0.25) is 10.0 Å². The fourth-order valence-corrected chi connectivity index (χ4v) is 6.19. The number of hydrogen-bond acceptors (Lipinski definition) is 4. The lowest BCUT2D eigenvalue weighted by molar-refractivity contribution is -0.139. The van der Waals surface area contributed by atoms with E-state index in [0.29, 0.717) is 33.4 Å². The standard InChI is InChI=1S/C29H33Cl2N3O4S/c1-6-32-29(36)22(5)33(17-24-25(30)8-7-9-26(24)31)28(35)18-34(27-15-12-20(3)16-21(27)4)39(37,38)23-13-10-19(2)11-14-23/h7-16,22H,6,17-18H2,1-5H3,(H,32,36)/t22-/m0/s1. The zero-order chi connectivity index (χ0) is 28.9. The van der Waals surface area contributed by atoms with Crippen molar-refractivity contribution in [2.45, 2.75) is 52.1 Å². The highest BCUT2D eigenvalue weighted by Gasteiger charge is 2.33. The van der Waals surface area contributed by atoms with Gasteiger partial charge in [0.2, 0.25) is 11.8 Å². The molecule has 10 heteroatoms. The zero-order valence-corrected chi connectivity index (χ0v) is 25.0. The zero-order valence-electron chi connectivity index (χ0n) is 22.7. The summed E-state index contributed by atoms with van der Waals surface area (Å²) >= 11 is 12.8. The summed E-state index contributed by atoms with van der Waals surface area (Å²) in [6, 6.07) is 15.8. The van der Waals surface area contributed by atoms with Crippen molar-refractivity contribution in [3.63, 3.8) is 0 Å². The Bertz CT molecular complexity index is 1440. The molecule has 0 spiro atoms. The van der Waals surface area contributed by atoms with E-state index in [2.05, 4.69) is 5.32 Å². The molecule has 0 saturated carbocycles. The second kappa shape index (κ2) is 12.9. The van der Waals surface area contributed by atoms with Crippen LogP contribution in [0.25, 0.3) is 0 Å². The molecule has 2 amide bonds. The van der Waals surface area contributed by atoms with Crippen LogP contribution in [-0.4, -0.2) is 44.3 Å². The molecule has 3 aromatic carbocycles. The van der Waals surface area contributed by atoms with Gasteiger partial charge in [-0.25, -0.2) is 8.42 Å². The molecule has 0 bridgehead atoms. The van der Waals surface area contributed by atoms with Gasteiger partial charge in [-0.3, -0.25) is 13.9 Å². The third-order valence-electron chi connectivity index (χ3n) is 6.42. The molecule has 3 rings (SSSR count). The van der Waals surface area contributed by atoms with Gasteiger partial charge in [0.05, 0.1) is 10.6 Å². The van der Waals surface area contributed by atoms with Gasteiger partial charge in [-0.15, -0.1) is 0 Å². The predicted molar refractivity (Wildman–Crippen MR) is 157 cm³/mol. The van der Waals surface area contributed by atoms with E-state index in [-0.39, 0.29) is 17.3 Å². The average Bonchev–Trinajstić information content (AvgIpc) is 2.87. The van der Waals surface area contributed by atoms with Crippen LogP contribution in [0.3, 0.4) is 0 Å². The van der Waals surface area contributed by atoms with Gasteiger partial charge in [-0.1, -0.05) is 64.7 Å². The van der Waals surface area contributed by atoms with Gasteiger partial charge < -0.3 is 10.2 Å². The maximum Gasteiger partial charge on any atom is 0.264 e. The number of halogens is 2. The molecule has 208 valence electrons. The first-order valence-electron chi connectivity index (χ1n) is 12.5. The van der Waals surface area contributed by atoms with E-state index in [1.54, 1.807) is 63.2 Å². The van der Waals surface area contributed by atoms with Crippen LogP contribution in [0.4, 0.5) is 5.69 Å². The molecule has 39 heavy (non-hydrogen) atoms. The van der Waals surface area contributed by atoms with Gasteiger partial charge in [0.15, 0.2) is 0 Å². The van der Waals surface area contributed by atoms with E-state index in [1.165, 1.54) is 17.0 Å². The largest absolute Gasteiger partial charge is 0.355 e. The quantitative estimate of drug-likeness (QED) is 0.330. The Labute approximate surface area is 240 Å². The van der Waals surface area contributed by atoms with Gasteiger partial charge in [0.25, 0.3) is 10.0 Å². The molecule has 0 fully saturated rings. The Balaban J connectivity index is 2.10. The Hall–Kier alpha value is -3.07. The van der Waals surface area contributed by atoms with E-state index in [9.17, 15) is 18.0 Å². The third-order valence-corrected chi connectivity index (χ3v) is 8.90. The highest BCUT2D eigenvalue weighted by Crippen LogP contribution is 2.30. The molecule has 7 nitrogen and oxygen atoms in total. The molecule has 0 radical (unpaired) electrons. The average molecular weight is 591 g/mol. The SMILES string of the molecule is CCNC(=O)[C@H](C)N(Cc1c(Cl)cccc1Cl)C(=O)CN(c1ccc(C)cc1C)S(=O)(=O)c1ccc(C)cc1. The van der Waals surface area contributed by atoms with Crippen molar-refractivity contribution in [3.8, 4) is 0 Å². The highest BCUT2D eigenvalue weighted by molar-refractivity contribution is 7.92. The maximum absolute atomic E-state index is 14.0. The van der Waals surface area contributed by atoms with E-state index < -0.39 is 28.5 Å². The molecule has 0 aromatic heterocycles. The minimum atomic E-state index is -4.15. The van der Waals surface area contributed by atoms with Gasteiger partial charge in [0.1, 0.15) is 12.6 Å². The molecule has 0 aliphatic heterocycles. The summed E-state index contributed by atoms with van der Waals surface area (Å²) in [4.78, 5) is 28.2. The summed E-state index contributed by atoms with van der Waals surface area (Å²) < 4.78 is 29.0. The lowest BCUT2D eigenvalue weighted by Crippen LogP contribution is -2.51. The monoisotopic (exact) mass is 589 g/mol. The molecule has 1 N–H and O–H groups in total. The minimum absolute atomic E-state index is 0.0540. The Morgan fingerprint density at radius 3 is 2.08 bits per heavy atom. The number of rotatable bonds is 10. The summed E-state index contributed by atoms with van der Waals surface area (Å²) in [7, 11) is -4.15. The number of amides is 2. The number of likely N-dealkylation sites (N-methyl/N-ethyl adjacent to an activating group) is 1. The topological polar surface area (TPSA) is 86.8 Å². The Morgan fingerprint density at radius 1 is 0.923 bits per heavy atom. The van der Waals surface area contributed by atoms with Crippen LogP contribution < -0.4 is 9.62 Å². The van der Waals surface area contributed by atoms with Crippen LogP contribution in [0.5, 0.6) is 0 Å². The third kappa shape index (κ3) is 7.12. The van der Waals surface area contributed by atoms with Crippen LogP contribution in [0.1, 0.15) is 36.1 Å². The molecule has 0 heterocycles. The number of nitrogens with one attached hydrogen (secondary N) is 1. The van der Waals surface area contributed by atoms with Gasteiger partial charge in [-0.2, -0.15) is 0 Å². The van der Waals surface area contributed by atoms with E-state index in [0.717, 1.165) is 15.4 Å². The van der Waals surface area contributed by atoms with Crippen LogP contribution in [0.15, 0.2) is 65.6 Å². The number of hydrogen-bond donors (Lipinski definition) is 1. The van der Waals surface area contributed by atoms with Crippen LogP contribution in [0, 0.1) is 20.8 Å². The van der Waals surface area contributed by atoms with Crippen molar-refractivity contribution < 1.29 is 18.0 Å². The maximum atomic E-state index is 14.0. The molecule has 1 atom stereocenters. The van der Waals surface area contributed by atoms with Crippen molar-refractivity contribution >= 4 is 50.7 Å². The van der Waals surface area contributed by atoms with E-state index in [1.807, 2.05) is 19.9 Å². The minimum Gasteiger partial charge on any atom is -0.355 e. The number of aryl methyl sites for hydroxylation is 3. The first-order chi connectivity index (χ1) is 18.4. The molecule has 0 aliphatic carbocycles. The normalized spacial score (nSPS) is 12.1. The fraction of sp³-hybridized carbons (Fsp3) is 0.310. The first-order valence-corrected chi connectivity index (χ1v) is 14.7. The molecular weight excluding hydrogens is 557 g/mol. The number of anilines is 1. The van der Waals surface area contributed by atoms with E-state index in [4.69, 9.17) is 23.2 Å². The van der Waals surface area contributed by atoms with Crippen molar-refractivity contribution in [1.82, 2.24) is 10.2 Å². The lowest BCUT2D eigenvalue weighted by Gasteiger charge is -2.32. The highest BCUT2D eigenvalue weighted by atomic mass is 35.5. The second-order valence-corrected chi connectivity index (χ2v) is 12.1. The molecule has 0 aliphatic rings. The predicted octanol–water partition coefficient (Wildman–Crippen LogP) is 5.67. The lowest BCUT2D eigenvalue weighted by atomic mass is 10.1. The Kier molecular flexibility index (Phi) is 10.0. The van der Waals surface area contributed by atoms with Crippen LogP contribution >= 0.6 is 23.2 Å². The number of carbonyl (C=O) groups is 2. The van der Waals surface area contributed by atoms with Crippen molar-refractivity contribution in [1.29, 1.82) is 0 Å². The van der Waals surface area contributed by atoms with E-state index >= 15 is 0 Å². The van der Waals surface area contributed by atoms with Gasteiger partial charge in [0, 0.05) is 28.7 Å². The van der Waals surface area contributed by atoms with Gasteiger partial charge in [-0.05, 0) is 70.5 Å². The fourth-order valence-electron chi connectivity index (χ4n) is 4.19. The second-order valence-electron chi connectivity index (χ2n) is 9.41. The molecule has 3 aromatic rings. The van der Waals surface area contributed by atoms with Crippen molar-refractivity contribution in [2.24, 2.45) is 0 Å². The number of sulfonamides is 1. The number of carbonyl (C=O) groups excluding carboxylic acids is 2. The first kappa shape index (κ1) is 30.5. The summed E-state index contributed by atoms with van der Waals surface area (Å²) in [6.07, 6.45) is 0.